The molecule has 0 aliphatic carbocycles. The lowest BCUT2D eigenvalue weighted by atomic mass is 10.1. The zero-order valence-corrected chi connectivity index (χ0v) is 17.7. The molecule has 3 rings (SSSR count). The average molecular weight is 431 g/mol. The molecule has 0 radical (unpaired) electrons. The Balaban J connectivity index is 1.83. The lowest BCUT2D eigenvalue weighted by Gasteiger charge is -2.16. The number of aliphatic imine (C=N–C) groups is 1. The molecule has 1 heterocycles. The Hall–Kier alpha value is -3.33. The molecule has 0 spiro atoms. The van der Waals surface area contributed by atoms with Crippen molar-refractivity contribution in [2.75, 3.05) is 39.8 Å². The van der Waals surface area contributed by atoms with E-state index in [1.54, 1.807) is 12.1 Å². The Morgan fingerprint density at radius 2 is 1.90 bits per heavy atom. The van der Waals surface area contributed by atoms with Crippen LogP contribution in [0.15, 0.2) is 41.4 Å². The van der Waals surface area contributed by atoms with Crippen LogP contribution in [-0.2, 0) is 4.74 Å². The van der Waals surface area contributed by atoms with Crippen LogP contribution >= 0.6 is 0 Å². The number of hydrogen-bond acceptors (Lipinski definition) is 6. The third-order valence-electron chi connectivity index (χ3n) is 4.72. The number of carbonyl (C=O) groups excluding carboxylic acids is 1. The van der Waals surface area contributed by atoms with E-state index < -0.39 is 11.7 Å². The van der Waals surface area contributed by atoms with E-state index in [9.17, 15) is 9.18 Å². The van der Waals surface area contributed by atoms with E-state index in [1.807, 2.05) is 0 Å². The van der Waals surface area contributed by atoms with E-state index in [4.69, 9.17) is 18.9 Å². The highest BCUT2D eigenvalue weighted by molar-refractivity contribution is 6.10. The van der Waals surface area contributed by atoms with Gasteiger partial charge in [-0.2, -0.15) is 0 Å². The molecule has 2 aromatic carbocycles. The molecular weight excluding hydrogens is 405 g/mol. The van der Waals surface area contributed by atoms with Crippen LogP contribution in [-0.4, -0.2) is 52.5 Å². The summed E-state index contributed by atoms with van der Waals surface area (Å²) in [6.45, 7) is 1.07. The average Bonchev–Trinajstić information content (AvgIpc) is 3.30. The molecule has 1 saturated heterocycles. The van der Waals surface area contributed by atoms with Gasteiger partial charge in [0.15, 0.2) is 11.5 Å². The van der Waals surface area contributed by atoms with Gasteiger partial charge in [0, 0.05) is 17.9 Å². The summed E-state index contributed by atoms with van der Waals surface area (Å²) in [7, 11) is 4.43. The Kier molecular flexibility index (Phi) is 7.66. The van der Waals surface area contributed by atoms with Gasteiger partial charge in [-0.25, -0.2) is 9.38 Å². The maximum absolute atomic E-state index is 13.6. The number of nitrogens with zero attached hydrogens (tertiary/aromatic N) is 1. The predicted octanol–water partition coefficient (Wildman–Crippen LogP) is 3.23. The van der Waals surface area contributed by atoms with Crippen LogP contribution in [0, 0.1) is 5.82 Å². The van der Waals surface area contributed by atoms with Crippen LogP contribution in [0.4, 0.5) is 10.1 Å². The van der Waals surface area contributed by atoms with Crippen molar-refractivity contribution in [3.63, 3.8) is 0 Å². The van der Waals surface area contributed by atoms with Gasteiger partial charge in [-0.3, -0.25) is 10.1 Å². The summed E-state index contributed by atoms with van der Waals surface area (Å²) in [5.41, 5.74) is 0.733. The predicted molar refractivity (Wildman–Crippen MR) is 115 cm³/mol. The number of amides is 1. The molecule has 8 nitrogen and oxygen atoms in total. The summed E-state index contributed by atoms with van der Waals surface area (Å²) < 4.78 is 35.1. The smallest absolute Gasteiger partial charge is 0.258 e. The third kappa shape index (κ3) is 5.85. The number of hydrogen-bond donors (Lipinski definition) is 2. The van der Waals surface area contributed by atoms with Crippen LogP contribution in [0.1, 0.15) is 23.2 Å². The largest absolute Gasteiger partial charge is 0.493 e. The highest BCUT2D eigenvalue weighted by Crippen LogP contribution is 2.38. The Labute approximate surface area is 180 Å². The second kappa shape index (κ2) is 10.6. The monoisotopic (exact) mass is 431 g/mol. The molecule has 9 heteroatoms. The number of methoxy groups -OCH3 is 3. The first-order valence-electron chi connectivity index (χ1n) is 9.84. The van der Waals surface area contributed by atoms with Gasteiger partial charge in [-0.15, -0.1) is 0 Å². The summed E-state index contributed by atoms with van der Waals surface area (Å²) >= 11 is 0. The van der Waals surface area contributed by atoms with Crippen molar-refractivity contribution in [1.82, 2.24) is 5.32 Å². The van der Waals surface area contributed by atoms with E-state index in [0.717, 1.165) is 12.8 Å². The molecule has 1 amide bonds. The molecule has 0 unspecified atom stereocenters. The molecule has 2 N–H and O–H groups in total. The maximum Gasteiger partial charge on any atom is 0.258 e. The summed E-state index contributed by atoms with van der Waals surface area (Å²) in [4.78, 5) is 17.4. The molecule has 1 aliphatic rings. The fourth-order valence-corrected chi connectivity index (χ4v) is 3.19. The zero-order chi connectivity index (χ0) is 22.2. The minimum atomic E-state index is -0.450. The lowest BCUT2D eigenvalue weighted by Crippen LogP contribution is -2.36. The number of benzene rings is 2. The fourth-order valence-electron chi connectivity index (χ4n) is 3.19. The van der Waals surface area contributed by atoms with Crippen LogP contribution in [0.5, 0.6) is 17.2 Å². The van der Waals surface area contributed by atoms with Crippen molar-refractivity contribution >= 4 is 17.6 Å². The van der Waals surface area contributed by atoms with Gasteiger partial charge in [-0.1, -0.05) is 6.07 Å². The number of halogens is 1. The van der Waals surface area contributed by atoms with Gasteiger partial charge in [0.25, 0.3) is 5.91 Å². The van der Waals surface area contributed by atoms with Crippen LogP contribution in [0.3, 0.4) is 0 Å². The Bertz CT molecular complexity index is 919. The summed E-state index contributed by atoms with van der Waals surface area (Å²) in [6, 6.07) is 8.97. The van der Waals surface area contributed by atoms with Gasteiger partial charge >= 0.3 is 0 Å². The molecule has 0 saturated carbocycles. The van der Waals surface area contributed by atoms with E-state index in [0.29, 0.717) is 36.1 Å². The van der Waals surface area contributed by atoms with Crippen molar-refractivity contribution in [2.24, 2.45) is 4.99 Å². The molecular formula is C22H26FN3O5. The quantitative estimate of drug-likeness (QED) is 0.517. The highest BCUT2D eigenvalue weighted by Gasteiger charge is 2.19. The van der Waals surface area contributed by atoms with Crippen molar-refractivity contribution in [3.05, 3.63) is 47.8 Å². The number of anilines is 1. The summed E-state index contributed by atoms with van der Waals surface area (Å²) in [5, 5.41) is 5.69. The first-order valence-corrected chi connectivity index (χ1v) is 9.84. The van der Waals surface area contributed by atoms with E-state index in [2.05, 4.69) is 15.6 Å². The number of ether oxygens (including phenoxy) is 4. The Morgan fingerprint density at radius 1 is 1.16 bits per heavy atom. The summed E-state index contributed by atoms with van der Waals surface area (Å²) in [5.74, 6) is 0.408. The molecule has 31 heavy (non-hydrogen) atoms. The molecule has 0 bridgehead atoms. The molecule has 1 fully saturated rings. The van der Waals surface area contributed by atoms with Gasteiger partial charge in [0.1, 0.15) is 5.82 Å². The number of guanidine groups is 1. The van der Waals surface area contributed by atoms with E-state index in [-0.39, 0.29) is 17.6 Å². The second-order valence-corrected chi connectivity index (χ2v) is 6.83. The van der Waals surface area contributed by atoms with Crippen LogP contribution < -0.4 is 24.8 Å². The minimum absolute atomic E-state index is 0.0117. The standard InChI is InChI=1S/C22H26FN3O5/c1-28-18-10-14(11-19(29-2)20(18)30-3)21(27)26-22(24-13-17-8-5-9-31-17)25-16-7-4-6-15(23)12-16/h4,6-7,10-12,17H,5,8-9,13H2,1-3H3,(H2,24,25,26,27)/t17-/m1/s1. The topological polar surface area (TPSA) is 90.4 Å². The summed E-state index contributed by atoms with van der Waals surface area (Å²) in [6.07, 6.45) is 1.87. The van der Waals surface area contributed by atoms with Crippen LogP contribution in [0.25, 0.3) is 0 Å². The van der Waals surface area contributed by atoms with E-state index >= 15 is 0 Å². The third-order valence-corrected chi connectivity index (χ3v) is 4.72. The molecule has 166 valence electrons. The van der Waals surface area contributed by atoms with Gasteiger partial charge in [0.05, 0.1) is 34.0 Å². The van der Waals surface area contributed by atoms with Crippen molar-refractivity contribution < 1.29 is 28.1 Å². The van der Waals surface area contributed by atoms with Crippen LogP contribution in [0.2, 0.25) is 0 Å². The first kappa shape index (κ1) is 22.4. The number of carbonyl (C=O) groups is 1. The number of rotatable bonds is 7. The van der Waals surface area contributed by atoms with Gasteiger partial charge < -0.3 is 24.3 Å². The number of nitrogens with one attached hydrogen (secondary N) is 2. The normalized spacial score (nSPS) is 16.0. The highest BCUT2D eigenvalue weighted by atomic mass is 19.1. The zero-order valence-electron chi connectivity index (χ0n) is 17.7. The van der Waals surface area contributed by atoms with Gasteiger partial charge in [0.2, 0.25) is 11.7 Å². The van der Waals surface area contributed by atoms with Crippen molar-refractivity contribution in [1.29, 1.82) is 0 Å². The first-order chi connectivity index (χ1) is 15.0. The minimum Gasteiger partial charge on any atom is -0.493 e. The maximum atomic E-state index is 13.6. The van der Waals surface area contributed by atoms with E-state index in [1.165, 1.54) is 45.6 Å². The second-order valence-electron chi connectivity index (χ2n) is 6.83. The SMILES string of the molecule is COc1cc(C(=O)NC(=NC[C@H]2CCCO2)Nc2cccc(F)c2)cc(OC)c1OC. The molecule has 0 aromatic heterocycles. The Morgan fingerprint density at radius 3 is 2.48 bits per heavy atom. The van der Waals surface area contributed by atoms with Gasteiger partial charge in [-0.05, 0) is 43.2 Å². The lowest BCUT2D eigenvalue weighted by molar-refractivity contribution is 0.0974. The molecule has 2 aromatic rings. The van der Waals surface area contributed by atoms with Crippen molar-refractivity contribution in [3.8, 4) is 17.2 Å². The fraction of sp³-hybridized carbons (Fsp3) is 0.364. The van der Waals surface area contributed by atoms with Crippen molar-refractivity contribution in [2.45, 2.75) is 18.9 Å². The molecule has 1 atom stereocenters. The molecule has 1 aliphatic heterocycles.